The Morgan fingerprint density at radius 3 is 2.97 bits per heavy atom. The lowest BCUT2D eigenvalue weighted by atomic mass is 10.0. The summed E-state index contributed by atoms with van der Waals surface area (Å²) in [6.07, 6.45) is 6.31. The number of nitrogens with one attached hydrogen (secondary N) is 1. The van der Waals surface area contributed by atoms with Gasteiger partial charge in [0.2, 0.25) is 5.91 Å². The zero-order chi connectivity index (χ0) is 22.0. The van der Waals surface area contributed by atoms with Crippen molar-refractivity contribution in [2.45, 2.75) is 25.3 Å². The Labute approximate surface area is 188 Å². The van der Waals surface area contributed by atoms with Crippen LogP contribution in [0.15, 0.2) is 56.5 Å². The van der Waals surface area contributed by atoms with Crippen LogP contribution < -0.4 is 16.8 Å². The van der Waals surface area contributed by atoms with Crippen LogP contribution in [0, 0.1) is 5.92 Å². The van der Waals surface area contributed by atoms with Gasteiger partial charge in [-0.1, -0.05) is 11.6 Å². The Morgan fingerprint density at radius 1 is 1.34 bits per heavy atom. The molecule has 1 aliphatic carbocycles. The zero-order valence-electron chi connectivity index (χ0n) is 17.1. The molecule has 1 aromatic carbocycles. The van der Waals surface area contributed by atoms with Gasteiger partial charge in [0.15, 0.2) is 5.58 Å². The number of anilines is 1. The number of carbonyl (C=O) groups is 1. The molecule has 0 saturated heterocycles. The van der Waals surface area contributed by atoms with E-state index in [2.05, 4.69) is 15.2 Å². The first kappa shape index (κ1) is 19.2. The first-order valence-electron chi connectivity index (χ1n) is 10.5. The highest BCUT2D eigenvalue weighted by Gasteiger charge is 2.39. The molecule has 10 heteroatoms. The number of amidine groups is 1. The van der Waals surface area contributed by atoms with Crippen molar-refractivity contribution in [3.8, 4) is 0 Å². The first-order chi connectivity index (χ1) is 15.5. The zero-order valence-corrected chi connectivity index (χ0v) is 17.9. The number of oxazole rings is 1. The van der Waals surface area contributed by atoms with Crippen molar-refractivity contribution in [2.24, 2.45) is 16.6 Å². The molecule has 1 fully saturated rings. The summed E-state index contributed by atoms with van der Waals surface area (Å²) in [7, 11) is 0. The second-order valence-electron chi connectivity index (χ2n) is 8.41. The van der Waals surface area contributed by atoms with E-state index < -0.39 is 6.04 Å². The van der Waals surface area contributed by atoms with Gasteiger partial charge < -0.3 is 30.8 Å². The molecule has 0 spiro atoms. The number of aliphatic imine (C=N–C) groups is 1. The highest BCUT2D eigenvalue weighted by Crippen LogP contribution is 2.40. The monoisotopic (exact) mass is 452 g/mol. The summed E-state index contributed by atoms with van der Waals surface area (Å²) in [5.74, 6) is 0.668. The fraction of sp³-hybridized carbons (Fsp3) is 0.318. The largest absolute Gasteiger partial charge is 0.495 e. The first-order valence-corrected chi connectivity index (χ1v) is 10.9. The molecule has 4 heterocycles. The van der Waals surface area contributed by atoms with Crippen LogP contribution in [0.2, 0.25) is 5.02 Å². The van der Waals surface area contributed by atoms with Gasteiger partial charge in [-0.05, 0) is 42.9 Å². The van der Waals surface area contributed by atoms with E-state index in [1.54, 1.807) is 12.5 Å². The smallest absolute Gasteiger partial charge is 0.293 e. The summed E-state index contributed by atoms with van der Waals surface area (Å²) in [6, 6.07) is 3.32. The number of hydrogen-bond donors (Lipinski definition) is 3. The fourth-order valence-electron chi connectivity index (χ4n) is 4.60. The van der Waals surface area contributed by atoms with Gasteiger partial charge in [0.05, 0.1) is 16.4 Å². The second kappa shape index (κ2) is 7.03. The van der Waals surface area contributed by atoms with Gasteiger partial charge in [0, 0.05) is 23.9 Å². The number of halogens is 1. The van der Waals surface area contributed by atoms with Crippen LogP contribution in [0.1, 0.15) is 24.8 Å². The molecule has 0 bridgehead atoms. The van der Waals surface area contributed by atoms with Crippen molar-refractivity contribution >= 4 is 40.5 Å². The number of fused-ring (bicyclic) bond motifs is 1. The van der Waals surface area contributed by atoms with Gasteiger partial charge >= 0.3 is 0 Å². The highest BCUT2D eigenvalue weighted by molar-refractivity contribution is 6.35. The number of amides is 1. The minimum absolute atomic E-state index is 0.0689. The maximum atomic E-state index is 12.0. The SMILES string of the molecule is NC(=O)C(NC1=COCC2=C3C1=CN=C(c1cc(Cl)c4oc(N)nc4c1)N3CC2)C1CC1. The third-order valence-corrected chi connectivity index (χ3v) is 6.53. The molecule has 3 aliphatic heterocycles. The standard InChI is InChI=1S/C22H21ClN6O3/c23-14-5-12(6-15-19(14)32-22(25)28-15)21-26-7-13-16(27-17(20(24)30)10-1-2-10)9-31-8-11-3-4-29(21)18(11)13/h5-7,9-10,17,27H,1-4,8H2,(H2,24,30)(H2,25,28). The number of nitrogens with zero attached hydrogens (tertiary/aromatic N) is 3. The molecular weight excluding hydrogens is 432 g/mol. The molecule has 1 unspecified atom stereocenters. The van der Waals surface area contributed by atoms with Crippen LogP contribution in [0.3, 0.4) is 0 Å². The van der Waals surface area contributed by atoms with E-state index in [4.69, 9.17) is 37.2 Å². The van der Waals surface area contributed by atoms with Gasteiger partial charge in [-0.2, -0.15) is 4.98 Å². The molecule has 164 valence electrons. The van der Waals surface area contributed by atoms with E-state index in [0.29, 0.717) is 22.7 Å². The number of ether oxygens (including phenoxy) is 1. The summed E-state index contributed by atoms with van der Waals surface area (Å²) < 4.78 is 11.2. The van der Waals surface area contributed by atoms with Crippen molar-refractivity contribution in [1.29, 1.82) is 0 Å². The van der Waals surface area contributed by atoms with Crippen molar-refractivity contribution < 1.29 is 13.9 Å². The molecule has 0 radical (unpaired) electrons. The van der Waals surface area contributed by atoms with E-state index in [9.17, 15) is 4.79 Å². The van der Waals surface area contributed by atoms with Crippen molar-refractivity contribution in [1.82, 2.24) is 15.2 Å². The number of aromatic nitrogens is 1. The van der Waals surface area contributed by atoms with E-state index >= 15 is 0 Å². The number of hydrogen-bond acceptors (Lipinski definition) is 8. The molecule has 32 heavy (non-hydrogen) atoms. The van der Waals surface area contributed by atoms with Gasteiger partial charge in [-0.15, -0.1) is 0 Å². The van der Waals surface area contributed by atoms with Gasteiger partial charge in [0.1, 0.15) is 30.3 Å². The predicted octanol–water partition coefficient (Wildman–Crippen LogP) is 2.39. The maximum absolute atomic E-state index is 12.0. The molecule has 1 amide bonds. The predicted molar refractivity (Wildman–Crippen MR) is 119 cm³/mol. The Bertz CT molecular complexity index is 1290. The summed E-state index contributed by atoms with van der Waals surface area (Å²) in [6.45, 7) is 1.24. The number of carbonyl (C=O) groups excluding carboxylic acids is 1. The second-order valence-corrected chi connectivity index (χ2v) is 8.82. The van der Waals surface area contributed by atoms with Crippen LogP contribution in [0.5, 0.6) is 0 Å². The van der Waals surface area contributed by atoms with Crippen molar-refractivity contribution in [3.63, 3.8) is 0 Å². The summed E-state index contributed by atoms with van der Waals surface area (Å²) in [4.78, 5) is 23.1. The third-order valence-electron chi connectivity index (χ3n) is 6.25. The highest BCUT2D eigenvalue weighted by atomic mass is 35.5. The van der Waals surface area contributed by atoms with Gasteiger partial charge in [-0.3, -0.25) is 4.79 Å². The van der Waals surface area contributed by atoms with Crippen LogP contribution in [0.4, 0.5) is 6.01 Å². The molecule has 1 saturated carbocycles. The lowest BCUT2D eigenvalue weighted by molar-refractivity contribution is -0.120. The maximum Gasteiger partial charge on any atom is 0.293 e. The normalized spacial score (nSPS) is 20.8. The minimum atomic E-state index is -0.424. The molecular formula is C22H21ClN6O3. The molecule has 6 rings (SSSR count). The number of nitrogens with two attached hydrogens (primary N) is 2. The molecule has 5 N–H and O–H groups in total. The third kappa shape index (κ3) is 3.03. The van der Waals surface area contributed by atoms with Gasteiger partial charge in [0.25, 0.3) is 6.01 Å². The van der Waals surface area contributed by atoms with E-state index in [1.165, 1.54) is 5.57 Å². The molecule has 1 atom stereocenters. The molecule has 1 aromatic heterocycles. The van der Waals surface area contributed by atoms with Crippen LogP contribution in [0.25, 0.3) is 11.1 Å². The number of primary amides is 1. The van der Waals surface area contributed by atoms with E-state index in [-0.39, 0.29) is 17.8 Å². The molecule has 4 aliphatic rings. The van der Waals surface area contributed by atoms with Crippen LogP contribution in [-0.4, -0.2) is 40.8 Å². The van der Waals surface area contributed by atoms with Crippen molar-refractivity contribution in [3.05, 3.63) is 57.7 Å². The summed E-state index contributed by atoms with van der Waals surface area (Å²) >= 11 is 6.43. The van der Waals surface area contributed by atoms with Crippen LogP contribution >= 0.6 is 11.6 Å². The Balaban J connectivity index is 1.42. The fourth-order valence-corrected chi connectivity index (χ4v) is 4.85. The Morgan fingerprint density at radius 2 is 2.19 bits per heavy atom. The molecule has 9 nitrogen and oxygen atoms in total. The summed E-state index contributed by atoms with van der Waals surface area (Å²) in [5, 5.41) is 3.75. The average molecular weight is 453 g/mol. The van der Waals surface area contributed by atoms with Crippen molar-refractivity contribution in [2.75, 3.05) is 18.9 Å². The van der Waals surface area contributed by atoms with Crippen LogP contribution in [-0.2, 0) is 9.53 Å². The number of benzene rings is 1. The van der Waals surface area contributed by atoms with E-state index in [1.807, 2.05) is 12.1 Å². The quantitative estimate of drug-likeness (QED) is 0.634. The number of nitrogen functional groups attached to an aromatic ring is 1. The lowest BCUT2D eigenvalue weighted by Gasteiger charge is -2.30. The summed E-state index contributed by atoms with van der Waals surface area (Å²) in [5.41, 5.74) is 17.0. The number of rotatable bonds is 5. The Hall–Kier alpha value is -3.46. The van der Waals surface area contributed by atoms with Gasteiger partial charge in [-0.25, -0.2) is 4.99 Å². The lowest BCUT2D eigenvalue weighted by Crippen LogP contribution is -2.43. The molecule has 2 aromatic rings. The minimum Gasteiger partial charge on any atom is -0.495 e. The topological polar surface area (TPSA) is 132 Å². The van der Waals surface area contributed by atoms with E-state index in [0.717, 1.165) is 54.2 Å². The average Bonchev–Trinajstić information content (AvgIpc) is 3.43. The Kier molecular flexibility index (Phi) is 4.23.